The quantitative estimate of drug-likeness (QED) is 0.629. The molecule has 1 fully saturated rings. The first-order valence-electron chi connectivity index (χ1n) is 9.56. The average Bonchev–Trinajstić information content (AvgIpc) is 2.64. The number of benzene rings is 2. The summed E-state index contributed by atoms with van der Waals surface area (Å²) in [6.45, 7) is 0.626. The van der Waals surface area contributed by atoms with Crippen molar-refractivity contribution in [3.05, 3.63) is 59.1 Å². The van der Waals surface area contributed by atoms with Crippen LogP contribution in [-0.4, -0.2) is 52.1 Å². The predicted octanol–water partition coefficient (Wildman–Crippen LogP) is 3.01. The van der Waals surface area contributed by atoms with Crippen LogP contribution in [0.25, 0.3) is 0 Å². The molecular formula is C21H27ClN2O4S. The second-order valence-corrected chi connectivity index (χ2v) is 9.97. The van der Waals surface area contributed by atoms with Gasteiger partial charge >= 0.3 is 0 Å². The van der Waals surface area contributed by atoms with Crippen molar-refractivity contribution in [2.45, 2.75) is 30.9 Å². The molecule has 1 saturated carbocycles. The predicted molar refractivity (Wildman–Crippen MR) is 116 cm³/mol. The molecule has 2 aromatic carbocycles. The van der Waals surface area contributed by atoms with E-state index in [2.05, 4.69) is 11.4 Å². The fourth-order valence-electron chi connectivity index (χ4n) is 3.32. The fraction of sp³-hybridized carbons (Fsp3) is 0.429. The number of rotatable bonds is 9. The summed E-state index contributed by atoms with van der Waals surface area (Å²) in [6.07, 6.45) is 2.59. The van der Waals surface area contributed by atoms with E-state index >= 15 is 0 Å². The topological polar surface area (TPSA) is 78.9 Å². The second-order valence-electron chi connectivity index (χ2n) is 7.52. The van der Waals surface area contributed by atoms with Gasteiger partial charge in [-0.2, -0.15) is 0 Å². The van der Waals surface area contributed by atoms with E-state index in [1.54, 1.807) is 24.3 Å². The van der Waals surface area contributed by atoms with Crippen LogP contribution in [0.15, 0.2) is 48.5 Å². The van der Waals surface area contributed by atoms with Crippen LogP contribution in [0.4, 0.5) is 5.69 Å². The smallest absolute Gasteiger partial charge is 0.231 e. The van der Waals surface area contributed by atoms with E-state index in [1.807, 2.05) is 18.2 Å². The van der Waals surface area contributed by atoms with Crippen molar-refractivity contribution >= 4 is 27.3 Å². The standard InChI is InChI=1S/C21H27ClN2O4S/c1-24(29(2,26)27)19-6-8-21(9-7-19)28-14-20(25)13-23-18-11-16(12-18)15-4-3-5-17(22)10-15/h3-10,16,18,20,23,25H,11-14H2,1-2H3/t16-,18-,20-/m0/s1. The van der Waals surface area contributed by atoms with Gasteiger partial charge in [0.05, 0.1) is 11.9 Å². The van der Waals surface area contributed by atoms with Crippen molar-refractivity contribution in [1.29, 1.82) is 0 Å². The van der Waals surface area contributed by atoms with Crippen LogP contribution in [0.3, 0.4) is 0 Å². The highest BCUT2D eigenvalue weighted by molar-refractivity contribution is 7.92. The van der Waals surface area contributed by atoms with Gasteiger partial charge in [0.15, 0.2) is 0 Å². The third-order valence-corrected chi connectivity index (χ3v) is 6.68. The van der Waals surface area contributed by atoms with Gasteiger partial charge in [-0.25, -0.2) is 8.42 Å². The molecule has 0 amide bonds. The summed E-state index contributed by atoms with van der Waals surface area (Å²) in [6, 6.07) is 15.1. The van der Waals surface area contributed by atoms with E-state index in [4.69, 9.17) is 16.3 Å². The summed E-state index contributed by atoms with van der Waals surface area (Å²) < 4.78 is 29.9. The molecule has 0 saturated heterocycles. The van der Waals surface area contributed by atoms with Crippen molar-refractivity contribution in [3.8, 4) is 5.75 Å². The van der Waals surface area contributed by atoms with E-state index in [9.17, 15) is 13.5 Å². The normalized spacial score (nSPS) is 20.0. The lowest BCUT2D eigenvalue weighted by Crippen LogP contribution is -2.44. The first kappa shape index (κ1) is 21.9. The maximum atomic E-state index is 11.6. The maximum absolute atomic E-state index is 11.6. The minimum atomic E-state index is -3.29. The van der Waals surface area contributed by atoms with Crippen LogP contribution in [0.5, 0.6) is 5.75 Å². The van der Waals surface area contributed by atoms with E-state index in [0.29, 0.717) is 29.9 Å². The molecule has 0 aromatic heterocycles. The molecule has 29 heavy (non-hydrogen) atoms. The van der Waals surface area contributed by atoms with Gasteiger partial charge in [-0.05, 0) is 60.7 Å². The number of halogens is 1. The Morgan fingerprint density at radius 1 is 1.24 bits per heavy atom. The average molecular weight is 439 g/mol. The number of nitrogens with zero attached hydrogens (tertiary/aromatic N) is 1. The zero-order valence-electron chi connectivity index (χ0n) is 16.6. The Hall–Kier alpha value is -1.80. The molecule has 0 unspecified atom stereocenters. The Kier molecular flexibility index (Phi) is 7.05. The third kappa shape index (κ3) is 6.09. The van der Waals surface area contributed by atoms with Gasteiger partial charge < -0.3 is 15.2 Å². The lowest BCUT2D eigenvalue weighted by Gasteiger charge is -2.37. The summed E-state index contributed by atoms with van der Waals surface area (Å²) >= 11 is 6.05. The number of nitrogens with one attached hydrogen (secondary N) is 1. The summed E-state index contributed by atoms with van der Waals surface area (Å²) in [5.74, 6) is 1.10. The van der Waals surface area contributed by atoms with Crippen LogP contribution in [-0.2, 0) is 10.0 Å². The Morgan fingerprint density at radius 3 is 2.55 bits per heavy atom. The van der Waals surface area contributed by atoms with E-state index in [0.717, 1.165) is 24.1 Å². The molecule has 3 rings (SSSR count). The SMILES string of the molecule is CN(c1ccc(OC[C@@H](O)CN[C@H]2C[C@H](c3cccc(Cl)c3)C2)cc1)S(C)(=O)=O. The molecule has 0 aliphatic heterocycles. The highest BCUT2D eigenvalue weighted by Crippen LogP contribution is 2.37. The fourth-order valence-corrected chi connectivity index (χ4v) is 4.02. The molecule has 0 heterocycles. The number of ether oxygens (including phenoxy) is 1. The van der Waals surface area contributed by atoms with Crippen LogP contribution >= 0.6 is 11.6 Å². The minimum absolute atomic E-state index is 0.165. The highest BCUT2D eigenvalue weighted by Gasteiger charge is 2.30. The van der Waals surface area contributed by atoms with Crippen LogP contribution in [0.1, 0.15) is 24.3 Å². The van der Waals surface area contributed by atoms with E-state index < -0.39 is 16.1 Å². The molecule has 8 heteroatoms. The number of hydrogen-bond acceptors (Lipinski definition) is 5. The van der Waals surface area contributed by atoms with Crippen molar-refractivity contribution in [2.24, 2.45) is 0 Å². The molecule has 0 radical (unpaired) electrons. The Morgan fingerprint density at radius 2 is 1.93 bits per heavy atom. The number of sulfonamides is 1. The Labute approximate surface area is 177 Å². The van der Waals surface area contributed by atoms with Gasteiger partial charge in [0.25, 0.3) is 0 Å². The number of anilines is 1. The lowest BCUT2D eigenvalue weighted by molar-refractivity contribution is 0.0981. The molecule has 1 aliphatic carbocycles. The first-order chi connectivity index (χ1) is 13.7. The summed E-state index contributed by atoms with van der Waals surface area (Å²) in [5.41, 5.74) is 1.82. The zero-order valence-corrected chi connectivity index (χ0v) is 18.2. The highest BCUT2D eigenvalue weighted by atomic mass is 35.5. The maximum Gasteiger partial charge on any atom is 0.231 e. The van der Waals surface area contributed by atoms with Crippen LogP contribution in [0.2, 0.25) is 5.02 Å². The molecule has 1 atom stereocenters. The third-order valence-electron chi connectivity index (χ3n) is 5.24. The van der Waals surface area contributed by atoms with Gasteiger partial charge in [0, 0.05) is 24.7 Å². The monoisotopic (exact) mass is 438 g/mol. The van der Waals surface area contributed by atoms with Gasteiger partial charge in [-0.1, -0.05) is 23.7 Å². The zero-order chi connectivity index (χ0) is 21.0. The molecule has 2 aromatic rings. The number of hydrogen-bond donors (Lipinski definition) is 2. The van der Waals surface area contributed by atoms with Crippen molar-refractivity contribution in [2.75, 3.05) is 30.8 Å². The molecular weight excluding hydrogens is 412 g/mol. The summed E-state index contributed by atoms with van der Waals surface area (Å²) in [4.78, 5) is 0. The Bertz CT molecular complexity index is 915. The van der Waals surface area contributed by atoms with Gasteiger partial charge in [0.2, 0.25) is 10.0 Å². The van der Waals surface area contributed by atoms with Crippen molar-refractivity contribution < 1.29 is 18.3 Å². The van der Waals surface area contributed by atoms with E-state index in [1.165, 1.54) is 16.9 Å². The number of aliphatic hydroxyl groups excluding tert-OH is 1. The Balaban J connectivity index is 1.37. The van der Waals surface area contributed by atoms with Crippen molar-refractivity contribution in [1.82, 2.24) is 5.32 Å². The summed E-state index contributed by atoms with van der Waals surface area (Å²) in [7, 11) is -1.80. The first-order valence-corrected chi connectivity index (χ1v) is 11.8. The van der Waals surface area contributed by atoms with Crippen molar-refractivity contribution in [3.63, 3.8) is 0 Å². The summed E-state index contributed by atoms with van der Waals surface area (Å²) in [5, 5.41) is 14.3. The minimum Gasteiger partial charge on any atom is -0.491 e. The molecule has 0 bridgehead atoms. The van der Waals surface area contributed by atoms with Gasteiger partial charge in [-0.15, -0.1) is 0 Å². The lowest BCUT2D eigenvalue weighted by atomic mass is 9.76. The molecule has 158 valence electrons. The van der Waals surface area contributed by atoms with Crippen LogP contribution < -0.4 is 14.4 Å². The van der Waals surface area contributed by atoms with Crippen LogP contribution in [0, 0.1) is 0 Å². The molecule has 0 spiro atoms. The molecule has 2 N–H and O–H groups in total. The largest absolute Gasteiger partial charge is 0.491 e. The molecule has 1 aliphatic rings. The van der Waals surface area contributed by atoms with Gasteiger partial charge in [0.1, 0.15) is 18.5 Å². The molecule has 6 nitrogen and oxygen atoms in total. The number of aliphatic hydroxyl groups is 1. The van der Waals surface area contributed by atoms with Gasteiger partial charge in [-0.3, -0.25) is 4.31 Å². The van der Waals surface area contributed by atoms with E-state index in [-0.39, 0.29) is 6.61 Å². The second kappa shape index (κ2) is 9.34.